The number of nitrogens with two attached hydrogens (primary N) is 1. The molecule has 0 saturated heterocycles. The van der Waals surface area contributed by atoms with E-state index in [1.807, 2.05) is 19.1 Å². The van der Waals surface area contributed by atoms with Crippen LogP contribution in [-0.4, -0.2) is 5.91 Å². The maximum absolute atomic E-state index is 13.5. The summed E-state index contributed by atoms with van der Waals surface area (Å²) in [6.45, 7) is 1.84. The van der Waals surface area contributed by atoms with Crippen LogP contribution in [0.3, 0.4) is 0 Å². The molecule has 0 heterocycles. The Morgan fingerprint density at radius 1 is 1.16 bits per heavy atom. The van der Waals surface area contributed by atoms with E-state index in [0.29, 0.717) is 5.69 Å². The van der Waals surface area contributed by atoms with Gasteiger partial charge in [0.05, 0.1) is 11.6 Å². The molecular formula is C15H15FN2O. The predicted octanol–water partition coefficient (Wildman–Crippen LogP) is 2.90. The number of benzene rings is 2. The van der Waals surface area contributed by atoms with Crippen LogP contribution in [0.2, 0.25) is 0 Å². The molecule has 2 rings (SSSR count). The van der Waals surface area contributed by atoms with E-state index < -0.39 is 11.7 Å². The largest absolute Gasteiger partial charge is 0.399 e. The van der Waals surface area contributed by atoms with Crippen molar-refractivity contribution in [1.29, 1.82) is 0 Å². The fraction of sp³-hybridized carbons (Fsp3) is 0.133. The molecule has 0 aliphatic heterocycles. The summed E-state index contributed by atoms with van der Waals surface area (Å²) in [6.07, 6.45) is 0. The van der Waals surface area contributed by atoms with Crippen molar-refractivity contribution >= 4 is 11.6 Å². The van der Waals surface area contributed by atoms with Crippen LogP contribution < -0.4 is 11.1 Å². The van der Waals surface area contributed by atoms with E-state index in [1.54, 1.807) is 24.3 Å². The van der Waals surface area contributed by atoms with Crippen LogP contribution in [0.15, 0.2) is 48.5 Å². The maximum atomic E-state index is 13.5. The molecule has 19 heavy (non-hydrogen) atoms. The van der Waals surface area contributed by atoms with Crippen molar-refractivity contribution in [3.05, 3.63) is 65.5 Å². The lowest BCUT2D eigenvalue weighted by Crippen LogP contribution is -2.27. The second-order valence-corrected chi connectivity index (χ2v) is 4.34. The summed E-state index contributed by atoms with van der Waals surface area (Å²) in [6, 6.07) is 12.9. The summed E-state index contributed by atoms with van der Waals surface area (Å²) in [5.41, 5.74) is 7.23. The quantitative estimate of drug-likeness (QED) is 0.832. The van der Waals surface area contributed by atoms with Gasteiger partial charge in [-0.3, -0.25) is 4.79 Å². The summed E-state index contributed by atoms with van der Waals surface area (Å²) in [5, 5.41) is 2.75. The van der Waals surface area contributed by atoms with Crippen molar-refractivity contribution in [3.8, 4) is 0 Å². The zero-order chi connectivity index (χ0) is 13.8. The third-order valence-corrected chi connectivity index (χ3v) is 2.90. The van der Waals surface area contributed by atoms with E-state index >= 15 is 0 Å². The molecule has 4 heteroatoms. The van der Waals surface area contributed by atoms with E-state index in [2.05, 4.69) is 5.32 Å². The van der Waals surface area contributed by atoms with Gasteiger partial charge in [-0.25, -0.2) is 4.39 Å². The van der Waals surface area contributed by atoms with Crippen molar-refractivity contribution in [1.82, 2.24) is 5.32 Å². The number of rotatable bonds is 3. The topological polar surface area (TPSA) is 55.1 Å². The Hall–Kier alpha value is -2.36. The monoisotopic (exact) mass is 258 g/mol. The first kappa shape index (κ1) is 13.1. The van der Waals surface area contributed by atoms with Gasteiger partial charge in [-0.1, -0.05) is 24.3 Å². The third-order valence-electron chi connectivity index (χ3n) is 2.90. The van der Waals surface area contributed by atoms with Crippen molar-refractivity contribution in [2.75, 3.05) is 5.73 Å². The number of nitrogens with one attached hydrogen (secondary N) is 1. The molecule has 0 aliphatic rings. The lowest BCUT2D eigenvalue weighted by atomic mass is 10.1. The second kappa shape index (κ2) is 5.52. The highest BCUT2D eigenvalue weighted by molar-refractivity contribution is 5.94. The Balaban J connectivity index is 2.11. The lowest BCUT2D eigenvalue weighted by Gasteiger charge is -2.14. The van der Waals surface area contributed by atoms with Crippen LogP contribution >= 0.6 is 0 Å². The van der Waals surface area contributed by atoms with Crippen LogP contribution in [0.4, 0.5) is 10.1 Å². The molecule has 0 aromatic heterocycles. The first-order valence-electron chi connectivity index (χ1n) is 5.99. The molecule has 0 bridgehead atoms. The van der Waals surface area contributed by atoms with Gasteiger partial charge in [0.25, 0.3) is 5.91 Å². The summed E-state index contributed by atoms with van der Waals surface area (Å²) in [4.78, 5) is 11.9. The Bertz CT molecular complexity index is 581. The molecule has 3 N–H and O–H groups in total. The molecular weight excluding hydrogens is 243 g/mol. The second-order valence-electron chi connectivity index (χ2n) is 4.34. The maximum Gasteiger partial charge on any atom is 0.254 e. The SMILES string of the molecule is CC(NC(=O)c1ccccc1F)c1ccc(N)cc1. The Morgan fingerprint density at radius 2 is 1.79 bits per heavy atom. The molecule has 0 saturated carbocycles. The summed E-state index contributed by atoms with van der Waals surface area (Å²) in [5.74, 6) is -0.952. The number of carbonyl (C=O) groups is 1. The highest BCUT2D eigenvalue weighted by Crippen LogP contribution is 2.15. The number of amides is 1. The van der Waals surface area contributed by atoms with E-state index in [1.165, 1.54) is 12.1 Å². The van der Waals surface area contributed by atoms with Gasteiger partial charge in [0.1, 0.15) is 5.82 Å². The van der Waals surface area contributed by atoms with Gasteiger partial charge >= 0.3 is 0 Å². The Kier molecular flexibility index (Phi) is 3.80. The van der Waals surface area contributed by atoms with Gasteiger partial charge in [-0.15, -0.1) is 0 Å². The van der Waals surface area contributed by atoms with Crippen molar-refractivity contribution in [2.24, 2.45) is 0 Å². The molecule has 1 unspecified atom stereocenters. The molecule has 2 aromatic carbocycles. The molecule has 0 radical (unpaired) electrons. The van der Waals surface area contributed by atoms with Gasteiger partial charge < -0.3 is 11.1 Å². The van der Waals surface area contributed by atoms with E-state index in [9.17, 15) is 9.18 Å². The van der Waals surface area contributed by atoms with Gasteiger partial charge in [0.2, 0.25) is 0 Å². The van der Waals surface area contributed by atoms with Crippen molar-refractivity contribution < 1.29 is 9.18 Å². The number of hydrogen-bond acceptors (Lipinski definition) is 2. The highest BCUT2D eigenvalue weighted by atomic mass is 19.1. The average molecular weight is 258 g/mol. The molecule has 98 valence electrons. The van der Waals surface area contributed by atoms with Crippen molar-refractivity contribution in [2.45, 2.75) is 13.0 Å². The fourth-order valence-electron chi connectivity index (χ4n) is 1.79. The van der Waals surface area contributed by atoms with Gasteiger partial charge in [-0.05, 0) is 36.8 Å². The molecule has 0 spiro atoms. The smallest absolute Gasteiger partial charge is 0.254 e. The molecule has 3 nitrogen and oxygen atoms in total. The van der Waals surface area contributed by atoms with Gasteiger partial charge in [0, 0.05) is 5.69 Å². The zero-order valence-corrected chi connectivity index (χ0v) is 10.6. The van der Waals surface area contributed by atoms with Crippen LogP contribution in [0.1, 0.15) is 28.9 Å². The Morgan fingerprint density at radius 3 is 2.42 bits per heavy atom. The van der Waals surface area contributed by atoms with E-state index in [0.717, 1.165) is 5.56 Å². The minimum Gasteiger partial charge on any atom is -0.399 e. The average Bonchev–Trinajstić information content (AvgIpc) is 2.39. The van der Waals surface area contributed by atoms with Crippen molar-refractivity contribution in [3.63, 3.8) is 0 Å². The van der Waals surface area contributed by atoms with Crippen LogP contribution in [0.5, 0.6) is 0 Å². The van der Waals surface area contributed by atoms with Crippen LogP contribution in [-0.2, 0) is 0 Å². The predicted molar refractivity (Wildman–Crippen MR) is 73.1 cm³/mol. The first-order valence-corrected chi connectivity index (χ1v) is 5.99. The minimum absolute atomic E-state index is 0.0461. The normalized spacial score (nSPS) is 11.9. The summed E-state index contributed by atoms with van der Waals surface area (Å²) < 4.78 is 13.5. The lowest BCUT2D eigenvalue weighted by molar-refractivity contribution is 0.0936. The molecule has 2 aromatic rings. The summed E-state index contributed by atoms with van der Waals surface area (Å²) >= 11 is 0. The molecule has 1 amide bonds. The standard InChI is InChI=1S/C15H15FN2O/c1-10(11-6-8-12(17)9-7-11)18-15(19)13-4-2-3-5-14(13)16/h2-10H,17H2,1H3,(H,18,19). The molecule has 0 aliphatic carbocycles. The van der Waals surface area contributed by atoms with E-state index in [-0.39, 0.29) is 11.6 Å². The number of nitrogen functional groups attached to an aromatic ring is 1. The number of anilines is 1. The first-order chi connectivity index (χ1) is 9.08. The zero-order valence-electron chi connectivity index (χ0n) is 10.6. The number of halogens is 1. The minimum atomic E-state index is -0.524. The highest BCUT2D eigenvalue weighted by Gasteiger charge is 2.14. The summed E-state index contributed by atoms with van der Waals surface area (Å²) in [7, 11) is 0. The van der Waals surface area contributed by atoms with Crippen LogP contribution in [0, 0.1) is 5.82 Å². The van der Waals surface area contributed by atoms with E-state index in [4.69, 9.17) is 5.73 Å². The molecule has 0 fully saturated rings. The fourth-order valence-corrected chi connectivity index (χ4v) is 1.79. The van der Waals surface area contributed by atoms with Crippen LogP contribution in [0.25, 0.3) is 0 Å². The molecule has 1 atom stereocenters. The Labute approximate surface area is 111 Å². The number of hydrogen-bond donors (Lipinski definition) is 2. The third kappa shape index (κ3) is 3.10. The van der Waals surface area contributed by atoms with Gasteiger partial charge in [0.15, 0.2) is 0 Å². The van der Waals surface area contributed by atoms with Gasteiger partial charge in [-0.2, -0.15) is 0 Å². The number of carbonyl (C=O) groups excluding carboxylic acids is 1.